The van der Waals surface area contributed by atoms with Crippen molar-refractivity contribution in [3.05, 3.63) is 47.3 Å². The highest BCUT2D eigenvalue weighted by Crippen LogP contribution is 2.06. The van der Waals surface area contributed by atoms with Gasteiger partial charge in [0.2, 0.25) is 5.91 Å². The molecule has 106 valence electrons. The Kier molecular flexibility index (Phi) is 4.47. The fourth-order valence-corrected chi connectivity index (χ4v) is 1.77. The Labute approximate surface area is 118 Å². The van der Waals surface area contributed by atoms with Crippen LogP contribution in [0.1, 0.15) is 35.5 Å². The Morgan fingerprint density at radius 3 is 2.65 bits per heavy atom. The number of hydrogen-bond acceptors (Lipinski definition) is 4. The van der Waals surface area contributed by atoms with Gasteiger partial charge in [-0.2, -0.15) is 0 Å². The summed E-state index contributed by atoms with van der Waals surface area (Å²) in [5, 5.41) is 11.5. The molecule has 20 heavy (non-hydrogen) atoms. The van der Waals surface area contributed by atoms with Gasteiger partial charge in [-0.05, 0) is 17.7 Å². The minimum absolute atomic E-state index is 0.417. The molecule has 0 saturated heterocycles. The van der Waals surface area contributed by atoms with Crippen LogP contribution in [-0.2, 0) is 13.1 Å². The number of amides is 1. The van der Waals surface area contributed by atoms with Gasteiger partial charge < -0.3 is 11.1 Å². The highest BCUT2D eigenvalue weighted by Gasteiger charge is 2.04. The number of nitrogens with two attached hydrogens (primary N) is 1. The molecule has 6 heteroatoms. The van der Waals surface area contributed by atoms with Gasteiger partial charge in [-0.1, -0.05) is 31.2 Å². The number of hydrogen-bond donors (Lipinski definition) is 2. The summed E-state index contributed by atoms with van der Waals surface area (Å²) in [7, 11) is 0. The smallest absolute Gasteiger partial charge is 0.248 e. The minimum Gasteiger partial charge on any atom is -0.366 e. The quantitative estimate of drug-likeness (QED) is 0.819. The SMILES string of the molecule is CC(C)NCc1cn(Cc2ccc(C(N)=O)cc2)nn1. The van der Waals surface area contributed by atoms with E-state index in [1.54, 1.807) is 16.8 Å². The van der Waals surface area contributed by atoms with Gasteiger partial charge >= 0.3 is 0 Å². The second-order valence-electron chi connectivity index (χ2n) is 5.00. The van der Waals surface area contributed by atoms with Gasteiger partial charge in [-0.3, -0.25) is 4.79 Å². The lowest BCUT2D eigenvalue weighted by molar-refractivity contribution is 0.100. The van der Waals surface area contributed by atoms with E-state index in [0.717, 1.165) is 11.3 Å². The zero-order valence-electron chi connectivity index (χ0n) is 11.7. The largest absolute Gasteiger partial charge is 0.366 e. The minimum atomic E-state index is -0.417. The van der Waals surface area contributed by atoms with Crippen molar-refractivity contribution in [3.63, 3.8) is 0 Å². The topological polar surface area (TPSA) is 85.8 Å². The van der Waals surface area contributed by atoms with E-state index in [1.807, 2.05) is 18.3 Å². The van der Waals surface area contributed by atoms with Crippen LogP contribution in [-0.4, -0.2) is 26.9 Å². The number of nitrogens with zero attached hydrogens (tertiary/aromatic N) is 3. The van der Waals surface area contributed by atoms with E-state index < -0.39 is 5.91 Å². The van der Waals surface area contributed by atoms with Crippen LogP contribution < -0.4 is 11.1 Å². The Morgan fingerprint density at radius 2 is 2.05 bits per heavy atom. The van der Waals surface area contributed by atoms with Crippen LogP contribution in [0.5, 0.6) is 0 Å². The van der Waals surface area contributed by atoms with E-state index in [9.17, 15) is 4.79 Å². The van der Waals surface area contributed by atoms with Crippen molar-refractivity contribution >= 4 is 5.91 Å². The molecule has 0 unspecified atom stereocenters. The summed E-state index contributed by atoms with van der Waals surface area (Å²) >= 11 is 0. The zero-order chi connectivity index (χ0) is 14.5. The molecule has 3 N–H and O–H groups in total. The summed E-state index contributed by atoms with van der Waals surface area (Å²) in [6, 6.07) is 7.59. The van der Waals surface area contributed by atoms with Gasteiger partial charge in [-0.25, -0.2) is 4.68 Å². The molecule has 2 aromatic rings. The molecule has 1 heterocycles. The summed E-state index contributed by atoms with van der Waals surface area (Å²) in [5.41, 5.74) is 7.67. The second kappa shape index (κ2) is 6.29. The van der Waals surface area contributed by atoms with Crippen LogP contribution in [0.15, 0.2) is 30.5 Å². The monoisotopic (exact) mass is 273 g/mol. The molecule has 0 saturated carbocycles. The molecule has 0 fully saturated rings. The third-order valence-corrected chi connectivity index (χ3v) is 2.86. The summed E-state index contributed by atoms with van der Waals surface area (Å²) in [4.78, 5) is 11.0. The number of primary amides is 1. The maximum atomic E-state index is 11.0. The Morgan fingerprint density at radius 1 is 1.35 bits per heavy atom. The van der Waals surface area contributed by atoms with Crippen LogP contribution in [0.4, 0.5) is 0 Å². The third kappa shape index (κ3) is 3.89. The van der Waals surface area contributed by atoms with Crippen molar-refractivity contribution in [2.75, 3.05) is 0 Å². The summed E-state index contributed by atoms with van der Waals surface area (Å²) in [6.07, 6.45) is 1.91. The molecule has 0 spiro atoms. The first kappa shape index (κ1) is 14.2. The normalized spacial score (nSPS) is 10.9. The Hall–Kier alpha value is -2.21. The predicted octanol–water partition coefficient (Wildman–Crippen LogP) is 0.923. The number of aromatic nitrogens is 3. The first-order valence-electron chi connectivity index (χ1n) is 6.55. The number of carbonyl (C=O) groups is 1. The third-order valence-electron chi connectivity index (χ3n) is 2.86. The highest BCUT2D eigenvalue weighted by atomic mass is 16.1. The van der Waals surface area contributed by atoms with Crippen LogP contribution >= 0.6 is 0 Å². The van der Waals surface area contributed by atoms with E-state index in [2.05, 4.69) is 29.5 Å². The predicted molar refractivity (Wildman–Crippen MR) is 76.1 cm³/mol. The lowest BCUT2D eigenvalue weighted by atomic mass is 10.1. The molecule has 6 nitrogen and oxygen atoms in total. The lowest BCUT2D eigenvalue weighted by Gasteiger charge is -2.04. The van der Waals surface area contributed by atoms with Crippen LogP contribution in [0.25, 0.3) is 0 Å². The molecular formula is C14H19N5O. The number of carbonyl (C=O) groups excluding carboxylic acids is 1. The van der Waals surface area contributed by atoms with Gasteiger partial charge in [0.1, 0.15) is 0 Å². The maximum absolute atomic E-state index is 11.0. The molecule has 0 radical (unpaired) electrons. The molecule has 1 amide bonds. The average Bonchev–Trinajstić information content (AvgIpc) is 2.84. The second-order valence-corrected chi connectivity index (χ2v) is 5.00. The van der Waals surface area contributed by atoms with Crippen molar-refractivity contribution in [3.8, 4) is 0 Å². The van der Waals surface area contributed by atoms with Crippen LogP contribution in [0.3, 0.4) is 0 Å². The van der Waals surface area contributed by atoms with Crippen molar-refractivity contribution in [1.82, 2.24) is 20.3 Å². The maximum Gasteiger partial charge on any atom is 0.248 e. The summed E-state index contributed by atoms with van der Waals surface area (Å²) in [5.74, 6) is -0.417. The van der Waals surface area contributed by atoms with E-state index in [-0.39, 0.29) is 0 Å². The molecule has 0 aliphatic rings. The first-order chi connectivity index (χ1) is 9.54. The first-order valence-corrected chi connectivity index (χ1v) is 6.55. The van der Waals surface area contributed by atoms with E-state index >= 15 is 0 Å². The van der Waals surface area contributed by atoms with Crippen molar-refractivity contribution in [1.29, 1.82) is 0 Å². The standard InChI is InChI=1S/C14H19N5O/c1-10(2)16-7-13-9-19(18-17-13)8-11-3-5-12(6-4-11)14(15)20/h3-6,9-10,16H,7-8H2,1-2H3,(H2,15,20). The zero-order valence-corrected chi connectivity index (χ0v) is 11.7. The van der Waals surface area contributed by atoms with Crippen molar-refractivity contribution in [2.24, 2.45) is 5.73 Å². The fourth-order valence-electron chi connectivity index (χ4n) is 1.77. The molecule has 1 aromatic heterocycles. The highest BCUT2D eigenvalue weighted by molar-refractivity contribution is 5.92. The molecule has 0 aliphatic heterocycles. The summed E-state index contributed by atoms with van der Waals surface area (Å²) < 4.78 is 1.77. The molecule has 0 bridgehead atoms. The number of nitrogens with one attached hydrogen (secondary N) is 1. The fraction of sp³-hybridized carbons (Fsp3) is 0.357. The van der Waals surface area contributed by atoms with Gasteiger partial charge in [0.05, 0.1) is 18.4 Å². The molecular weight excluding hydrogens is 254 g/mol. The van der Waals surface area contributed by atoms with Crippen LogP contribution in [0.2, 0.25) is 0 Å². The molecule has 1 aromatic carbocycles. The molecule has 0 atom stereocenters. The van der Waals surface area contributed by atoms with E-state index in [4.69, 9.17) is 5.73 Å². The molecule has 2 rings (SSSR count). The van der Waals surface area contributed by atoms with Crippen molar-refractivity contribution < 1.29 is 4.79 Å². The Bertz CT molecular complexity index is 574. The lowest BCUT2D eigenvalue weighted by Crippen LogP contribution is -2.21. The molecule has 0 aliphatic carbocycles. The number of benzene rings is 1. The van der Waals surface area contributed by atoms with Gasteiger partial charge in [0.15, 0.2) is 0 Å². The number of rotatable bonds is 6. The van der Waals surface area contributed by atoms with E-state index in [0.29, 0.717) is 24.7 Å². The van der Waals surface area contributed by atoms with Gasteiger partial charge in [0, 0.05) is 18.2 Å². The van der Waals surface area contributed by atoms with Crippen LogP contribution in [0, 0.1) is 0 Å². The van der Waals surface area contributed by atoms with Crippen molar-refractivity contribution in [2.45, 2.75) is 33.0 Å². The average molecular weight is 273 g/mol. The Balaban J connectivity index is 1.97. The van der Waals surface area contributed by atoms with Gasteiger partial charge in [0.25, 0.3) is 0 Å². The van der Waals surface area contributed by atoms with E-state index in [1.165, 1.54) is 0 Å². The summed E-state index contributed by atoms with van der Waals surface area (Å²) in [6.45, 7) is 5.50. The van der Waals surface area contributed by atoms with Gasteiger partial charge in [-0.15, -0.1) is 5.10 Å².